The molecule has 1 amide bonds. The summed E-state index contributed by atoms with van der Waals surface area (Å²) in [5, 5.41) is 16.1. The summed E-state index contributed by atoms with van der Waals surface area (Å²) in [6.45, 7) is 7.21. The van der Waals surface area contributed by atoms with Gasteiger partial charge in [0.25, 0.3) is 0 Å². The highest BCUT2D eigenvalue weighted by Gasteiger charge is 2.32. The van der Waals surface area contributed by atoms with Crippen LogP contribution in [0.1, 0.15) is 47.1 Å². The number of H-pyrrole nitrogens is 1. The van der Waals surface area contributed by atoms with Crippen LogP contribution in [0, 0.1) is 13.8 Å². The predicted octanol–water partition coefficient (Wildman–Crippen LogP) is 2.55. The number of nitrogens with one attached hydrogen (secondary N) is 1. The van der Waals surface area contributed by atoms with E-state index in [2.05, 4.69) is 32.5 Å². The van der Waals surface area contributed by atoms with Gasteiger partial charge in [0.05, 0.1) is 12.2 Å². The van der Waals surface area contributed by atoms with Crippen molar-refractivity contribution in [1.29, 1.82) is 0 Å². The zero-order valence-corrected chi connectivity index (χ0v) is 16.6. The SMILES string of the molecule is Cc1n[nH]c(C)c1CCc1nnc2n1[C@@H](C)C(=O)N(CCc1ccccc1)C2. The first-order chi connectivity index (χ1) is 13.5. The molecule has 0 spiro atoms. The fourth-order valence-electron chi connectivity index (χ4n) is 3.99. The van der Waals surface area contributed by atoms with E-state index in [1.165, 1.54) is 11.1 Å². The van der Waals surface area contributed by atoms with Crippen LogP contribution in [0.5, 0.6) is 0 Å². The van der Waals surface area contributed by atoms with Crippen molar-refractivity contribution < 1.29 is 4.79 Å². The molecule has 1 aliphatic rings. The summed E-state index contributed by atoms with van der Waals surface area (Å²) in [7, 11) is 0. The first kappa shape index (κ1) is 18.4. The van der Waals surface area contributed by atoms with Crippen molar-refractivity contribution >= 4 is 5.91 Å². The van der Waals surface area contributed by atoms with E-state index in [1.807, 2.05) is 48.4 Å². The van der Waals surface area contributed by atoms with Crippen molar-refractivity contribution in [1.82, 2.24) is 29.9 Å². The Labute approximate surface area is 164 Å². The van der Waals surface area contributed by atoms with Gasteiger partial charge in [-0.1, -0.05) is 30.3 Å². The van der Waals surface area contributed by atoms with Gasteiger partial charge in [-0.3, -0.25) is 9.89 Å². The number of aryl methyl sites for hydroxylation is 3. The molecule has 7 nitrogen and oxygen atoms in total. The van der Waals surface area contributed by atoms with E-state index < -0.39 is 0 Å². The number of rotatable bonds is 6. The van der Waals surface area contributed by atoms with Crippen LogP contribution < -0.4 is 0 Å². The Kier molecular flexibility index (Phi) is 4.98. The summed E-state index contributed by atoms with van der Waals surface area (Å²) in [6, 6.07) is 9.99. The van der Waals surface area contributed by atoms with Gasteiger partial charge in [0.1, 0.15) is 11.9 Å². The second-order valence-electron chi connectivity index (χ2n) is 7.49. The molecule has 0 bridgehead atoms. The maximum Gasteiger partial charge on any atom is 0.245 e. The van der Waals surface area contributed by atoms with Gasteiger partial charge >= 0.3 is 0 Å². The van der Waals surface area contributed by atoms with Crippen LogP contribution in [0.25, 0.3) is 0 Å². The highest BCUT2D eigenvalue weighted by molar-refractivity contribution is 5.81. The topological polar surface area (TPSA) is 79.7 Å². The van der Waals surface area contributed by atoms with Crippen molar-refractivity contribution in [3.05, 3.63) is 64.5 Å². The smallest absolute Gasteiger partial charge is 0.245 e. The van der Waals surface area contributed by atoms with E-state index in [-0.39, 0.29) is 11.9 Å². The second kappa shape index (κ2) is 7.58. The van der Waals surface area contributed by atoms with Crippen molar-refractivity contribution in [2.45, 2.75) is 52.6 Å². The Hall–Kier alpha value is -2.96. The minimum Gasteiger partial charge on any atom is -0.333 e. The Morgan fingerprint density at radius 1 is 1.11 bits per heavy atom. The van der Waals surface area contributed by atoms with Gasteiger partial charge in [-0.25, -0.2) is 0 Å². The van der Waals surface area contributed by atoms with Crippen molar-refractivity contribution in [2.75, 3.05) is 6.54 Å². The van der Waals surface area contributed by atoms with E-state index >= 15 is 0 Å². The molecule has 146 valence electrons. The fourth-order valence-corrected chi connectivity index (χ4v) is 3.99. The van der Waals surface area contributed by atoms with Gasteiger partial charge in [0.15, 0.2) is 5.82 Å². The molecule has 1 aliphatic heterocycles. The van der Waals surface area contributed by atoms with Crippen LogP contribution in [0.4, 0.5) is 0 Å². The third kappa shape index (κ3) is 3.44. The molecule has 3 aromatic rings. The van der Waals surface area contributed by atoms with E-state index in [4.69, 9.17) is 0 Å². The van der Waals surface area contributed by atoms with Crippen LogP contribution in [0.2, 0.25) is 0 Å². The molecule has 4 rings (SSSR count). The summed E-state index contributed by atoms with van der Waals surface area (Å²) in [5.41, 5.74) is 4.57. The molecule has 1 N–H and O–H groups in total. The number of aromatic nitrogens is 5. The van der Waals surface area contributed by atoms with Crippen LogP contribution >= 0.6 is 0 Å². The molecule has 0 saturated carbocycles. The maximum atomic E-state index is 12.9. The Morgan fingerprint density at radius 2 is 1.89 bits per heavy atom. The third-order valence-corrected chi connectivity index (χ3v) is 5.62. The minimum atomic E-state index is -0.268. The Bertz CT molecular complexity index is 955. The number of hydrogen-bond acceptors (Lipinski definition) is 4. The lowest BCUT2D eigenvalue weighted by Gasteiger charge is -2.32. The summed E-state index contributed by atoms with van der Waals surface area (Å²) in [4.78, 5) is 14.8. The van der Waals surface area contributed by atoms with Gasteiger partial charge < -0.3 is 9.47 Å². The molecular formula is C21H26N6O. The number of nitrogens with zero attached hydrogens (tertiary/aromatic N) is 5. The molecule has 0 fully saturated rings. The average Bonchev–Trinajstić information content (AvgIpc) is 3.25. The Morgan fingerprint density at radius 3 is 2.61 bits per heavy atom. The number of carbonyl (C=O) groups is 1. The summed E-state index contributed by atoms with van der Waals surface area (Å²) < 4.78 is 2.02. The van der Waals surface area contributed by atoms with Gasteiger partial charge in [-0.2, -0.15) is 5.10 Å². The predicted molar refractivity (Wildman–Crippen MR) is 106 cm³/mol. The van der Waals surface area contributed by atoms with Gasteiger partial charge in [0, 0.05) is 18.7 Å². The molecular weight excluding hydrogens is 352 g/mol. The van der Waals surface area contributed by atoms with E-state index in [9.17, 15) is 4.79 Å². The van der Waals surface area contributed by atoms with Gasteiger partial charge in [-0.15, -0.1) is 10.2 Å². The number of aromatic amines is 1. The minimum absolute atomic E-state index is 0.139. The molecule has 28 heavy (non-hydrogen) atoms. The lowest BCUT2D eigenvalue weighted by Crippen LogP contribution is -2.43. The largest absolute Gasteiger partial charge is 0.333 e. The summed E-state index contributed by atoms with van der Waals surface area (Å²) in [6.07, 6.45) is 2.43. The average molecular weight is 378 g/mol. The molecule has 2 aromatic heterocycles. The highest BCUT2D eigenvalue weighted by atomic mass is 16.2. The lowest BCUT2D eigenvalue weighted by molar-refractivity contribution is -0.137. The van der Waals surface area contributed by atoms with E-state index in [1.54, 1.807) is 0 Å². The third-order valence-electron chi connectivity index (χ3n) is 5.62. The van der Waals surface area contributed by atoms with Gasteiger partial charge in [0.2, 0.25) is 5.91 Å². The second-order valence-corrected chi connectivity index (χ2v) is 7.49. The highest BCUT2D eigenvalue weighted by Crippen LogP contribution is 2.24. The number of fused-ring (bicyclic) bond motifs is 1. The molecule has 0 radical (unpaired) electrons. The summed E-state index contributed by atoms with van der Waals surface area (Å²) >= 11 is 0. The number of hydrogen-bond donors (Lipinski definition) is 1. The van der Waals surface area contributed by atoms with Gasteiger partial charge in [-0.05, 0) is 44.7 Å². The zero-order valence-electron chi connectivity index (χ0n) is 16.6. The first-order valence-corrected chi connectivity index (χ1v) is 9.80. The molecule has 0 saturated heterocycles. The number of benzene rings is 1. The van der Waals surface area contributed by atoms with E-state index in [0.29, 0.717) is 13.1 Å². The van der Waals surface area contributed by atoms with Crippen LogP contribution in [0.15, 0.2) is 30.3 Å². The summed E-state index contributed by atoms with van der Waals surface area (Å²) in [5.74, 6) is 1.88. The Balaban J connectivity index is 1.47. The van der Waals surface area contributed by atoms with E-state index in [0.717, 1.165) is 42.3 Å². The molecule has 7 heteroatoms. The standard InChI is InChI=1S/C21H26N6O/c1-14-18(15(2)23-22-14)9-10-19-24-25-20-13-26(21(28)16(3)27(19)20)12-11-17-7-5-4-6-8-17/h4-8,16H,9-13H2,1-3H3,(H,22,23)/t16-/m0/s1. The molecule has 1 aromatic carbocycles. The monoisotopic (exact) mass is 378 g/mol. The number of amides is 1. The zero-order chi connectivity index (χ0) is 19.7. The molecule has 1 atom stereocenters. The molecule has 3 heterocycles. The van der Waals surface area contributed by atoms with Crippen molar-refractivity contribution in [3.8, 4) is 0 Å². The first-order valence-electron chi connectivity index (χ1n) is 9.80. The molecule has 0 aliphatic carbocycles. The van der Waals surface area contributed by atoms with Crippen molar-refractivity contribution in [2.24, 2.45) is 0 Å². The fraction of sp³-hybridized carbons (Fsp3) is 0.429. The maximum absolute atomic E-state index is 12.9. The van der Waals surface area contributed by atoms with Crippen LogP contribution in [-0.2, 0) is 30.6 Å². The lowest BCUT2D eigenvalue weighted by atomic mass is 10.1. The van der Waals surface area contributed by atoms with Crippen molar-refractivity contribution in [3.63, 3.8) is 0 Å². The molecule has 0 unspecified atom stereocenters. The normalized spacial score (nSPS) is 16.5. The quantitative estimate of drug-likeness (QED) is 0.715. The number of carbonyl (C=O) groups excluding carboxylic acids is 1. The van der Waals surface area contributed by atoms with Crippen LogP contribution in [0.3, 0.4) is 0 Å². The van der Waals surface area contributed by atoms with Crippen LogP contribution in [-0.4, -0.2) is 42.3 Å².